The number of hydrogen-bond acceptors (Lipinski definition) is 4. The predicted molar refractivity (Wildman–Crippen MR) is 114 cm³/mol. The van der Waals surface area contributed by atoms with E-state index in [0.717, 1.165) is 35.3 Å². The molecule has 1 aromatic rings. The third-order valence-electron chi connectivity index (χ3n) is 6.62. The van der Waals surface area contributed by atoms with Gasteiger partial charge in [-0.1, -0.05) is 18.7 Å². The lowest BCUT2D eigenvalue weighted by Gasteiger charge is -2.62. The van der Waals surface area contributed by atoms with Crippen molar-refractivity contribution in [3.05, 3.63) is 23.3 Å². The van der Waals surface area contributed by atoms with Gasteiger partial charge in [-0.2, -0.15) is 0 Å². The van der Waals surface area contributed by atoms with Gasteiger partial charge in [0.1, 0.15) is 17.6 Å². The molecule has 1 aromatic carbocycles. The second-order valence-corrected chi connectivity index (χ2v) is 10.0. The molecule has 7 heteroatoms. The van der Waals surface area contributed by atoms with Crippen LogP contribution in [0, 0.1) is 6.92 Å². The molecule has 2 aliphatic heterocycles. The van der Waals surface area contributed by atoms with Crippen molar-refractivity contribution in [3.63, 3.8) is 0 Å². The maximum absolute atomic E-state index is 12.7. The first-order valence-corrected chi connectivity index (χ1v) is 10.6. The lowest BCUT2D eigenvalue weighted by Crippen LogP contribution is -2.79. The maximum atomic E-state index is 12.7. The third-order valence-corrected chi connectivity index (χ3v) is 8.22. The summed E-state index contributed by atoms with van der Waals surface area (Å²) in [7, 11) is 0. The monoisotopic (exact) mass is 405 g/mol. The van der Waals surface area contributed by atoms with E-state index >= 15 is 0 Å². The third kappa shape index (κ3) is 2.70. The Morgan fingerprint density at radius 2 is 2.04 bits per heavy atom. The van der Waals surface area contributed by atoms with Crippen LogP contribution in [0.5, 0.6) is 0 Å². The number of nitrogens with zero attached hydrogens (tertiary/aromatic N) is 2. The molecule has 2 heterocycles. The second kappa shape index (κ2) is 6.88. The average molecular weight is 406 g/mol. The van der Waals surface area contributed by atoms with Crippen molar-refractivity contribution in [3.8, 4) is 0 Å². The first-order valence-electron chi connectivity index (χ1n) is 9.61. The number of thioether (sulfide) groups is 1. The smallest absolute Gasteiger partial charge is 0.378 e. The summed E-state index contributed by atoms with van der Waals surface area (Å²) < 4.78 is 0.157. The highest BCUT2D eigenvalue weighted by atomic mass is 32.2. The predicted octanol–water partition coefficient (Wildman–Crippen LogP) is 4.31. The van der Waals surface area contributed by atoms with Gasteiger partial charge in [-0.3, -0.25) is 14.3 Å². The molecule has 0 aliphatic carbocycles. The molecule has 3 unspecified atom stereocenters. The molecule has 2 N–H and O–H groups in total. The largest absolute Gasteiger partial charge is 0.481 e. The Labute approximate surface area is 170 Å². The Kier molecular flexibility index (Phi) is 5.13. The number of carbonyl (C=O) groups is 2. The quantitative estimate of drug-likeness (QED) is 0.576. The molecule has 28 heavy (non-hydrogen) atoms. The van der Waals surface area contributed by atoms with Gasteiger partial charge in [-0.15, -0.1) is 0 Å². The van der Waals surface area contributed by atoms with Crippen LogP contribution in [0.2, 0.25) is 0 Å². The van der Waals surface area contributed by atoms with Gasteiger partial charge in [0.2, 0.25) is 0 Å². The van der Waals surface area contributed by atoms with E-state index in [2.05, 4.69) is 32.5 Å². The van der Waals surface area contributed by atoms with Gasteiger partial charge in [0, 0.05) is 30.2 Å². The molecule has 0 saturated carbocycles. The van der Waals surface area contributed by atoms with Crippen molar-refractivity contribution in [2.75, 3.05) is 12.3 Å². The summed E-state index contributed by atoms with van der Waals surface area (Å²) in [6, 6.07) is 4.05. The van der Waals surface area contributed by atoms with Gasteiger partial charge < -0.3 is 10.2 Å². The van der Waals surface area contributed by atoms with E-state index in [1.54, 1.807) is 0 Å². The van der Waals surface area contributed by atoms with Crippen LogP contribution in [0.3, 0.4) is 0 Å². The van der Waals surface area contributed by atoms with Gasteiger partial charge in [-0.25, -0.2) is 4.79 Å². The number of benzene rings is 1. The topological polar surface area (TPSA) is 87.0 Å². The van der Waals surface area contributed by atoms with Gasteiger partial charge in [0.05, 0.1) is 12.2 Å². The highest BCUT2D eigenvalue weighted by Crippen LogP contribution is 2.59. The number of aliphatic imine (C=N–C) groups is 1. The van der Waals surface area contributed by atoms with Crippen molar-refractivity contribution in [2.45, 2.75) is 63.3 Å². The number of carboxylic acids is 2. The molecule has 152 valence electrons. The fraction of sp³-hybridized carbons (Fsp3) is 0.571. The van der Waals surface area contributed by atoms with Crippen LogP contribution >= 0.6 is 11.8 Å². The zero-order chi connectivity index (χ0) is 20.9. The minimum atomic E-state index is -1.46. The molecular formula is C21H29N2O4S+. The van der Waals surface area contributed by atoms with Gasteiger partial charge in [0.15, 0.2) is 0 Å². The SMILES string of the molecule is C=Nc1cc2c(cc1C)[N+]1(CCCSC1(CC(=O)O)C(=O)O)C(C)(C)CC2C. The highest BCUT2D eigenvalue weighted by Gasteiger charge is 2.69. The summed E-state index contributed by atoms with van der Waals surface area (Å²) >= 11 is 1.29. The molecule has 0 amide bonds. The number of hydrogen-bond donors (Lipinski definition) is 2. The number of carboxylic acid groups (broad SMARTS) is 2. The molecule has 3 atom stereocenters. The summed E-state index contributed by atoms with van der Waals surface area (Å²) in [6.07, 6.45) is 1.21. The van der Waals surface area contributed by atoms with Crippen LogP contribution < -0.4 is 4.48 Å². The van der Waals surface area contributed by atoms with E-state index in [1.165, 1.54) is 11.8 Å². The van der Waals surface area contributed by atoms with E-state index in [9.17, 15) is 19.8 Å². The Morgan fingerprint density at radius 3 is 2.61 bits per heavy atom. The molecule has 6 nitrogen and oxygen atoms in total. The zero-order valence-corrected chi connectivity index (χ0v) is 17.8. The van der Waals surface area contributed by atoms with E-state index in [0.29, 0.717) is 12.3 Å². The van der Waals surface area contributed by atoms with Crippen molar-refractivity contribution in [1.29, 1.82) is 0 Å². The van der Waals surface area contributed by atoms with Gasteiger partial charge in [0.25, 0.3) is 4.87 Å². The van der Waals surface area contributed by atoms with Crippen LogP contribution in [0.15, 0.2) is 17.1 Å². The Hall–Kier alpha value is -1.86. The van der Waals surface area contributed by atoms with Gasteiger partial charge in [-0.05, 0) is 45.0 Å². The van der Waals surface area contributed by atoms with Gasteiger partial charge >= 0.3 is 11.9 Å². The fourth-order valence-electron chi connectivity index (χ4n) is 5.57. The molecule has 2 aliphatic rings. The number of aliphatic carboxylic acids is 2. The fourth-order valence-corrected chi connectivity index (χ4v) is 7.18. The van der Waals surface area contributed by atoms with E-state index in [4.69, 9.17) is 0 Å². The minimum absolute atomic E-state index is 0.157. The molecule has 0 bridgehead atoms. The summed E-state index contributed by atoms with van der Waals surface area (Å²) in [6.45, 7) is 12.6. The second-order valence-electron chi connectivity index (χ2n) is 8.67. The standard InChI is InChI=1S/C21H28N2O4S/c1-13-9-17-15(10-16(13)22-5)14(2)11-20(3,4)23(17)7-6-8-28-21(23,19(26)27)12-18(24)25/h9-10,14H,5-8,11-12H2,1-4H3,(H-,24,25,26,27)/p+1. The number of rotatable bonds is 4. The molecule has 1 spiro atoms. The zero-order valence-electron chi connectivity index (χ0n) is 17.0. The average Bonchev–Trinajstić information content (AvgIpc) is 2.59. The summed E-state index contributed by atoms with van der Waals surface area (Å²) in [5.41, 5.74) is 3.30. The first-order chi connectivity index (χ1) is 13.0. The van der Waals surface area contributed by atoms with E-state index in [-0.39, 0.29) is 10.4 Å². The van der Waals surface area contributed by atoms with Crippen LogP contribution in [0.1, 0.15) is 57.1 Å². The molecule has 1 saturated heterocycles. The van der Waals surface area contributed by atoms with Crippen molar-refractivity contribution in [2.24, 2.45) is 4.99 Å². The highest BCUT2D eigenvalue weighted by molar-refractivity contribution is 8.01. The lowest BCUT2D eigenvalue weighted by molar-refractivity contribution is -0.155. The Balaban J connectivity index is 2.42. The summed E-state index contributed by atoms with van der Waals surface area (Å²) in [4.78, 5) is 27.3. The number of aryl methyl sites for hydroxylation is 1. The normalized spacial score (nSPS) is 31.2. The number of quaternary nitrogens is 1. The Bertz CT molecular complexity index is 853. The molecule has 1 fully saturated rings. The number of fused-ring (bicyclic) bond motifs is 2. The Morgan fingerprint density at radius 1 is 1.36 bits per heavy atom. The summed E-state index contributed by atoms with van der Waals surface area (Å²) in [5, 5.41) is 20.1. The lowest BCUT2D eigenvalue weighted by atomic mass is 9.74. The van der Waals surface area contributed by atoms with Crippen molar-refractivity contribution in [1.82, 2.24) is 4.48 Å². The van der Waals surface area contributed by atoms with Crippen LogP contribution in [-0.2, 0) is 9.59 Å². The van der Waals surface area contributed by atoms with Crippen LogP contribution in [-0.4, -0.2) is 51.6 Å². The van der Waals surface area contributed by atoms with E-state index in [1.807, 2.05) is 19.1 Å². The van der Waals surface area contributed by atoms with Crippen LogP contribution in [0.4, 0.5) is 11.4 Å². The van der Waals surface area contributed by atoms with Crippen LogP contribution in [0.25, 0.3) is 0 Å². The van der Waals surface area contributed by atoms with E-state index < -0.39 is 28.8 Å². The van der Waals surface area contributed by atoms with Crippen molar-refractivity contribution >= 4 is 41.8 Å². The van der Waals surface area contributed by atoms with Crippen molar-refractivity contribution < 1.29 is 19.8 Å². The minimum Gasteiger partial charge on any atom is -0.481 e. The molecule has 3 rings (SSSR count). The molecule has 0 radical (unpaired) electrons. The maximum Gasteiger partial charge on any atom is 0.378 e. The first kappa shape index (κ1) is 20.9. The molecule has 0 aromatic heterocycles. The summed E-state index contributed by atoms with van der Waals surface area (Å²) in [5.74, 6) is -1.26. The molecular weight excluding hydrogens is 376 g/mol.